The van der Waals surface area contributed by atoms with E-state index in [4.69, 9.17) is 5.73 Å². The molecule has 1 aliphatic rings. The van der Waals surface area contributed by atoms with Crippen molar-refractivity contribution in [1.29, 1.82) is 0 Å². The van der Waals surface area contributed by atoms with Gasteiger partial charge in [-0.25, -0.2) is 0 Å². The number of carbonyl (C=O) groups is 3. The van der Waals surface area contributed by atoms with Crippen LogP contribution in [0.5, 0.6) is 0 Å². The molecule has 0 radical (unpaired) electrons. The van der Waals surface area contributed by atoms with Crippen LogP contribution in [-0.2, 0) is 19.8 Å². The number of carbonyl (C=O) groups excluding carboxylic acids is 3. The standard InChI is InChI=1S/C25H30N2O3/c26-24(30)25(20-12-6-4-7-13-20,21-14-8-5-9-15-21)22-16-18-27(23(22)29)17-10-2-1-3-11-19-28/h4-9,12-15,19,22H,1-3,10-11,16-18H2,(H2,26,30)/t22-/m1/s1. The smallest absolute Gasteiger partial charge is 0.233 e. The lowest BCUT2D eigenvalue weighted by atomic mass is 9.64. The maximum absolute atomic E-state index is 13.4. The van der Waals surface area contributed by atoms with E-state index in [1.165, 1.54) is 0 Å². The molecule has 0 saturated carbocycles. The number of nitrogens with two attached hydrogens (primary N) is 1. The lowest BCUT2D eigenvalue weighted by molar-refractivity contribution is -0.136. The van der Waals surface area contributed by atoms with Crippen molar-refractivity contribution in [2.45, 2.75) is 43.9 Å². The molecule has 1 saturated heterocycles. The van der Waals surface area contributed by atoms with E-state index in [0.717, 1.165) is 43.1 Å². The molecule has 5 nitrogen and oxygen atoms in total. The van der Waals surface area contributed by atoms with E-state index in [0.29, 0.717) is 25.9 Å². The van der Waals surface area contributed by atoms with Gasteiger partial charge in [0.1, 0.15) is 11.7 Å². The number of hydrogen-bond acceptors (Lipinski definition) is 3. The normalized spacial score (nSPS) is 16.6. The summed E-state index contributed by atoms with van der Waals surface area (Å²) < 4.78 is 0. The van der Waals surface area contributed by atoms with Crippen LogP contribution in [0.4, 0.5) is 0 Å². The van der Waals surface area contributed by atoms with E-state index < -0.39 is 17.2 Å². The number of primary amides is 1. The molecule has 2 aromatic carbocycles. The molecule has 1 aliphatic heterocycles. The lowest BCUT2D eigenvalue weighted by Gasteiger charge is -2.36. The summed E-state index contributed by atoms with van der Waals surface area (Å²) in [7, 11) is 0. The van der Waals surface area contributed by atoms with Crippen molar-refractivity contribution >= 4 is 18.1 Å². The van der Waals surface area contributed by atoms with Crippen LogP contribution in [0.25, 0.3) is 0 Å². The van der Waals surface area contributed by atoms with Gasteiger partial charge in [0.2, 0.25) is 11.8 Å². The van der Waals surface area contributed by atoms with Crippen LogP contribution >= 0.6 is 0 Å². The minimum Gasteiger partial charge on any atom is -0.369 e. The Kier molecular flexibility index (Phi) is 7.39. The van der Waals surface area contributed by atoms with E-state index in [9.17, 15) is 14.4 Å². The van der Waals surface area contributed by atoms with Crippen LogP contribution in [0.15, 0.2) is 60.7 Å². The minimum atomic E-state index is -1.18. The maximum atomic E-state index is 13.4. The quantitative estimate of drug-likeness (QED) is 0.458. The molecule has 0 unspecified atom stereocenters. The zero-order valence-corrected chi connectivity index (χ0v) is 17.3. The minimum absolute atomic E-state index is 0.00519. The molecule has 0 spiro atoms. The summed E-state index contributed by atoms with van der Waals surface area (Å²) in [6, 6.07) is 18.9. The number of benzene rings is 2. The van der Waals surface area contributed by atoms with Crippen molar-refractivity contribution in [2.75, 3.05) is 13.1 Å². The molecule has 1 heterocycles. The van der Waals surface area contributed by atoms with Crippen LogP contribution in [-0.4, -0.2) is 36.1 Å². The third-order valence-corrected chi connectivity index (χ3v) is 6.17. The van der Waals surface area contributed by atoms with Crippen LogP contribution in [0.1, 0.15) is 49.7 Å². The van der Waals surface area contributed by atoms with Crippen molar-refractivity contribution < 1.29 is 14.4 Å². The van der Waals surface area contributed by atoms with Gasteiger partial charge >= 0.3 is 0 Å². The highest BCUT2D eigenvalue weighted by Crippen LogP contribution is 2.44. The van der Waals surface area contributed by atoms with Crippen molar-refractivity contribution in [3.05, 3.63) is 71.8 Å². The average molecular weight is 407 g/mol. The highest BCUT2D eigenvalue weighted by atomic mass is 16.2. The number of rotatable bonds is 11. The summed E-state index contributed by atoms with van der Waals surface area (Å²) in [4.78, 5) is 38.8. The fourth-order valence-electron chi connectivity index (χ4n) is 4.67. The van der Waals surface area contributed by atoms with Gasteiger partial charge in [0.05, 0.1) is 5.92 Å². The first-order chi connectivity index (χ1) is 14.6. The largest absolute Gasteiger partial charge is 0.369 e. The van der Waals surface area contributed by atoms with E-state index in [1.54, 1.807) is 0 Å². The highest BCUT2D eigenvalue weighted by Gasteiger charge is 2.53. The molecule has 0 aromatic heterocycles. The molecule has 1 atom stereocenters. The van der Waals surface area contributed by atoms with Crippen molar-refractivity contribution in [3.8, 4) is 0 Å². The summed E-state index contributed by atoms with van der Waals surface area (Å²) >= 11 is 0. The summed E-state index contributed by atoms with van der Waals surface area (Å²) in [5.41, 5.74) is 6.39. The molecule has 2 N–H and O–H groups in total. The third-order valence-electron chi connectivity index (χ3n) is 6.17. The second-order valence-corrected chi connectivity index (χ2v) is 7.94. The van der Waals surface area contributed by atoms with Gasteiger partial charge in [-0.2, -0.15) is 0 Å². The first kappa shape index (κ1) is 21.8. The second-order valence-electron chi connectivity index (χ2n) is 7.94. The fourth-order valence-corrected chi connectivity index (χ4v) is 4.67. The first-order valence-electron chi connectivity index (χ1n) is 10.8. The lowest BCUT2D eigenvalue weighted by Crippen LogP contribution is -2.51. The molecular weight excluding hydrogens is 376 g/mol. The summed E-state index contributed by atoms with van der Waals surface area (Å²) in [5.74, 6) is -1.02. The average Bonchev–Trinajstić information content (AvgIpc) is 3.13. The number of likely N-dealkylation sites (tertiary alicyclic amines) is 1. The van der Waals surface area contributed by atoms with Crippen molar-refractivity contribution in [1.82, 2.24) is 4.90 Å². The fraction of sp³-hybridized carbons (Fsp3) is 0.400. The second kappa shape index (κ2) is 10.2. The molecule has 2 amide bonds. The summed E-state index contributed by atoms with van der Waals surface area (Å²) in [6.45, 7) is 1.31. The zero-order valence-electron chi connectivity index (χ0n) is 17.3. The van der Waals surface area contributed by atoms with Gasteiger partial charge in [0.25, 0.3) is 0 Å². The third kappa shape index (κ3) is 4.30. The Balaban J connectivity index is 1.86. The Morgan fingerprint density at radius 1 is 0.967 bits per heavy atom. The van der Waals surface area contributed by atoms with Crippen LogP contribution < -0.4 is 5.73 Å². The van der Waals surface area contributed by atoms with E-state index in [1.807, 2.05) is 65.6 Å². The number of hydrogen-bond donors (Lipinski definition) is 1. The monoisotopic (exact) mass is 406 g/mol. The van der Waals surface area contributed by atoms with Crippen molar-refractivity contribution in [3.63, 3.8) is 0 Å². The van der Waals surface area contributed by atoms with E-state index >= 15 is 0 Å². The zero-order chi connectivity index (χ0) is 21.4. The number of aldehydes is 1. The molecule has 2 aromatic rings. The number of nitrogens with zero attached hydrogens (tertiary/aromatic N) is 1. The molecule has 3 rings (SSSR count). The van der Waals surface area contributed by atoms with Crippen LogP contribution in [0.2, 0.25) is 0 Å². The highest BCUT2D eigenvalue weighted by molar-refractivity contribution is 5.98. The number of amides is 2. The summed E-state index contributed by atoms with van der Waals surface area (Å²) in [5, 5.41) is 0. The molecular formula is C25H30N2O3. The predicted molar refractivity (Wildman–Crippen MR) is 117 cm³/mol. The van der Waals surface area contributed by atoms with Crippen LogP contribution in [0.3, 0.4) is 0 Å². The Labute approximate surface area is 178 Å². The molecule has 30 heavy (non-hydrogen) atoms. The predicted octanol–water partition coefficient (Wildman–Crippen LogP) is 3.46. The molecule has 1 fully saturated rings. The maximum Gasteiger partial charge on any atom is 0.233 e. The molecule has 158 valence electrons. The van der Waals surface area contributed by atoms with Gasteiger partial charge in [0, 0.05) is 19.5 Å². The molecule has 5 heteroatoms. The van der Waals surface area contributed by atoms with Gasteiger partial charge in [-0.05, 0) is 30.4 Å². The topological polar surface area (TPSA) is 80.5 Å². The SMILES string of the molecule is NC(=O)C(c1ccccc1)(c1ccccc1)[C@@H]1CCN(CCCCCCC=O)C1=O. The Bertz CT molecular complexity index is 812. The van der Waals surface area contributed by atoms with Gasteiger partial charge in [-0.1, -0.05) is 73.5 Å². The number of unbranched alkanes of at least 4 members (excludes halogenated alkanes) is 4. The van der Waals surface area contributed by atoms with E-state index in [2.05, 4.69) is 0 Å². The molecule has 0 aliphatic carbocycles. The van der Waals surface area contributed by atoms with E-state index in [-0.39, 0.29) is 5.91 Å². The summed E-state index contributed by atoms with van der Waals surface area (Å²) in [6.07, 6.45) is 5.91. The van der Waals surface area contributed by atoms with Crippen molar-refractivity contribution in [2.24, 2.45) is 11.7 Å². The van der Waals surface area contributed by atoms with Gasteiger partial charge < -0.3 is 15.4 Å². The van der Waals surface area contributed by atoms with Gasteiger partial charge in [0.15, 0.2) is 0 Å². The first-order valence-corrected chi connectivity index (χ1v) is 10.8. The Morgan fingerprint density at radius 3 is 2.07 bits per heavy atom. The Morgan fingerprint density at radius 2 is 1.53 bits per heavy atom. The van der Waals surface area contributed by atoms with Gasteiger partial charge in [-0.3, -0.25) is 9.59 Å². The van der Waals surface area contributed by atoms with Gasteiger partial charge in [-0.15, -0.1) is 0 Å². The van der Waals surface area contributed by atoms with Crippen LogP contribution in [0, 0.1) is 5.92 Å². The Hall–Kier alpha value is -2.95. The molecule has 0 bridgehead atoms.